The molecular weight excluding hydrogens is 241 g/mol. The van der Waals surface area contributed by atoms with Crippen molar-refractivity contribution in [2.45, 2.75) is 12.8 Å². The van der Waals surface area contributed by atoms with Gasteiger partial charge in [-0.1, -0.05) is 0 Å². The van der Waals surface area contributed by atoms with E-state index in [1.54, 1.807) is 6.07 Å². The lowest BCUT2D eigenvalue weighted by atomic mass is 10.2. The molecule has 1 heterocycles. The zero-order chi connectivity index (χ0) is 13.1. The van der Waals surface area contributed by atoms with Crippen molar-refractivity contribution in [2.75, 3.05) is 7.11 Å². The Kier molecular flexibility index (Phi) is 3.62. The number of halogens is 3. The number of aromatic nitrogens is 1. The van der Waals surface area contributed by atoms with Gasteiger partial charge in [0.2, 0.25) is 0 Å². The predicted molar refractivity (Wildman–Crippen MR) is 49.6 cm³/mol. The fourth-order valence-electron chi connectivity index (χ4n) is 1.11. The number of methoxy groups -OCH3 is 1. The van der Waals surface area contributed by atoms with Crippen molar-refractivity contribution < 1.29 is 22.6 Å². The number of aromatic amines is 1. The van der Waals surface area contributed by atoms with Gasteiger partial charge in [-0.15, -0.1) is 13.2 Å². The Labute approximate surface area is 93.4 Å². The third-order valence-corrected chi connectivity index (χ3v) is 1.75. The average Bonchev–Trinajstić information content (AvgIpc) is 2.20. The highest BCUT2D eigenvalue weighted by Crippen LogP contribution is 2.27. The summed E-state index contributed by atoms with van der Waals surface area (Å²) >= 11 is 0. The molecule has 1 rings (SSSR count). The van der Waals surface area contributed by atoms with Crippen LogP contribution in [0.1, 0.15) is 5.69 Å². The van der Waals surface area contributed by atoms with Crippen LogP contribution in [0.4, 0.5) is 13.2 Å². The maximum atomic E-state index is 12.1. The third kappa shape index (κ3) is 3.41. The van der Waals surface area contributed by atoms with Crippen LogP contribution in [-0.2, 0) is 6.42 Å². The van der Waals surface area contributed by atoms with Crippen LogP contribution in [0.15, 0.2) is 10.9 Å². The highest BCUT2D eigenvalue weighted by Gasteiger charge is 2.32. The largest absolute Gasteiger partial charge is 0.573 e. The number of rotatable bonds is 3. The molecular formula is C9H7F3N2O3. The van der Waals surface area contributed by atoms with E-state index >= 15 is 0 Å². The van der Waals surface area contributed by atoms with Gasteiger partial charge in [0.25, 0.3) is 5.56 Å². The lowest BCUT2D eigenvalue weighted by Gasteiger charge is -2.12. The third-order valence-electron chi connectivity index (χ3n) is 1.75. The number of nitrogens with zero attached hydrogens (tertiary/aromatic N) is 1. The molecule has 0 aliphatic rings. The van der Waals surface area contributed by atoms with Crippen LogP contribution < -0.4 is 15.0 Å². The second-order valence-electron chi connectivity index (χ2n) is 2.89. The molecule has 1 aromatic heterocycles. The van der Waals surface area contributed by atoms with Crippen LogP contribution in [0.2, 0.25) is 0 Å². The summed E-state index contributed by atoms with van der Waals surface area (Å²) < 4.78 is 44.4. The van der Waals surface area contributed by atoms with Gasteiger partial charge in [0.15, 0.2) is 11.5 Å². The molecule has 0 amide bonds. The molecule has 0 spiro atoms. The van der Waals surface area contributed by atoms with Crippen molar-refractivity contribution in [3.05, 3.63) is 22.1 Å². The van der Waals surface area contributed by atoms with Gasteiger partial charge >= 0.3 is 6.36 Å². The van der Waals surface area contributed by atoms with Gasteiger partial charge in [0.05, 0.1) is 25.3 Å². The molecule has 17 heavy (non-hydrogen) atoms. The van der Waals surface area contributed by atoms with E-state index in [-0.39, 0.29) is 11.4 Å². The van der Waals surface area contributed by atoms with Gasteiger partial charge < -0.3 is 14.5 Å². The summed E-state index contributed by atoms with van der Waals surface area (Å²) in [6.45, 7) is 0. The molecule has 0 bridgehead atoms. The van der Waals surface area contributed by atoms with E-state index in [1.165, 1.54) is 0 Å². The van der Waals surface area contributed by atoms with E-state index in [9.17, 15) is 18.0 Å². The monoisotopic (exact) mass is 248 g/mol. The summed E-state index contributed by atoms with van der Waals surface area (Å²) in [5.74, 6) is -0.985. The van der Waals surface area contributed by atoms with Crippen LogP contribution >= 0.6 is 0 Å². The van der Waals surface area contributed by atoms with E-state index in [4.69, 9.17) is 5.26 Å². The van der Waals surface area contributed by atoms with E-state index in [2.05, 4.69) is 14.5 Å². The number of ether oxygens (including phenoxy) is 2. The molecule has 0 atom stereocenters. The van der Waals surface area contributed by atoms with Crippen LogP contribution in [0.25, 0.3) is 0 Å². The molecule has 1 aromatic rings. The van der Waals surface area contributed by atoms with Crippen LogP contribution in [-0.4, -0.2) is 18.5 Å². The molecule has 0 aliphatic heterocycles. The zero-order valence-corrected chi connectivity index (χ0v) is 8.59. The second kappa shape index (κ2) is 4.78. The summed E-state index contributed by atoms with van der Waals surface area (Å²) in [4.78, 5) is 13.3. The molecule has 0 saturated heterocycles. The Hall–Kier alpha value is -2.17. The van der Waals surface area contributed by atoms with E-state index in [0.29, 0.717) is 0 Å². The maximum Gasteiger partial charge on any atom is 0.573 e. The summed E-state index contributed by atoms with van der Waals surface area (Å²) in [5, 5.41) is 8.42. The highest BCUT2D eigenvalue weighted by molar-refractivity contribution is 5.36. The molecule has 0 fully saturated rings. The Morgan fingerprint density at radius 2 is 2.12 bits per heavy atom. The van der Waals surface area contributed by atoms with Crippen molar-refractivity contribution in [1.82, 2.24) is 4.98 Å². The number of hydrogen-bond donors (Lipinski definition) is 1. The van der Waals surface area contributed by atoms with Crippen molar-refractivity contribution in [3.8, 4) is 17.6 Å². The van der Waals surface area contributed by atoms with Gasteiger partial charge in [-0.3, -0.25) is 4.79 Å². The van der Waals surface area contributed by atoms with Gasteiger partial charge in [-0.05, 0) is 0 Å². The number of hydrogen-bond acceptors (Lipinski definition) is 4. The summed E-state index contributed by atoms with van der Waals surface area (Å²) in [5.41, 5.74) is -0.983. The van der Waals surface area contributed by atoms with Crippen LogP contribution in [0.3, 0.4) is 0 Å². The predicted octanol–water partition coefficient (Wildman–Crippen LogP) is 1.35. The molecule has 8 heteroatoms. The number of nitriles is 1. The van der Waals surface area contributed by atoms with Crippen molar-refractivity contribution >= 4 is 0 Å². The fourth-order valence-corrected chi connectivity index (χ4v) is 1.11. The average molecular weight is 248 g/mol. The lowest BCUT2D eigenvalue weighted by Crippen LogP contribution is -2.21. The van der Waals surface area contributed by atoms with Crippen LogP contribution in [0, 0.1) is 11.3 Å². The van der Waals surface area contributed by atoms with Gasteiger partial charge in [-0.25, -0.2) is 0 Å². The van der Waals surface area contributed by atoms with E-state index in [1.807, 2.05) is 0 Å². The maximum absolute atomic E-state index is 12.1. The molecule has 0 unspecified atom stereocenters. The lowest BCUT2D eigenvalue weighted by molar-refractivity contribution is -0.275. The Morgan fingerprint density at radius 1 is 1.47 bits per heavy atom. The fraction of sp³-hybridized carbons (Fsp3) is 0.333. The Bertz CT molecular complexity index is 502. The summed E-state index contributed by atoms with van der Waals surface area (Å²) in [7, 11) is 1.13. The standard InChI is InChI=1S/C9H7F3N2O3/c1-16-7-4-6(17-9(10,11)12)5(2-3-13)14-8(7)15/h4H,2H2,1H3,(H,14,15). The molecule has 5 nitrogen and oxygen atoms in total. The first-order valence-electron chi connectivity index (χ1n) is 4.30. The van der Waals surface area contributed by atoms with Gasteiger partial charge in [0, 0.05) is 6.07 Å². The number of H-pyrrole nitrogens is 1. The summed E-state index contributed by atoms with van der Waals surface area (Å²) in [6.07, 6.45) is -5.32. The number of pyridine rings is 1. The second-order valence-corrected chi connectivity index (χ2v) is 2.89. The molecule has 0 radical (unpaired) electrons. The first kappa shape index (κ1) is 12.9. The molecule has 0 aromatic carbocycles. The van der Waals surface area contributed by atoms with Crippen LogP contribution in [0.5, 0.6) is 11.5 Å². The van der Waals surface area contributed by atoms with E-state index in [0.717, 1.165) is 13.2 Å². The molecule has 0 aliphatic carbocycles. The van der Waals surface area contributed by atoms with Crippen molar-refractivity contribution in [3.63, 3.8) is 0 Å². The smallest absolute Gasteiger partial charge is 0.491 e. The normalized spacial score (nSPS) is 10.8. The first-order valence-corrected chi connectivity index (χ1v) is 4.30. The Balaban J connectivity index is 3.25. The number of nitrogens with one attached hydrogen (secondary N) is 1. The minimum Gasteiger partial charge on any atom is -0.491 e. The first-order chi connectivity index (χ1) is 7.87. The number of alkyl halides is 3. The highest BCUT2D eigenvalue weighted by atomic mass is 19.4. The zero-order valence-electron chi connectivity index (χ0n) is 8.59. The SMILES string of the molecule is COc1cc(OC(F)(F)F)c(CC#N)[nH]c1=O. The van der Waals surface area contributed by atoms with Crippen molar-refractivity contribution in [1.29, 1.82) is 5.26 Å². The Morgan fingerprint density at radius 3 is 2.59 bits per heavy atom. The summed E-state index contributed by atoms with van der Waals surface area (Å²) in [6, 6.07) is 2.41. The quantitative estimate of drug-likeness (QED) is 0.875. The van der Waals surface area contributed by atoms with Crippen molar-refractivity contribution in [2.24, 2.45) is 0 Å². The molecule has 0 saturated carbocycles. The molecule has 1 N–H and O–H groups in total. The van der Waals surface area contributed by atoms with E-state index < -0.39 is 24.1 Å². The minimum atomic E-state index is -4.91. The van der Waals surface area contributed by atoms with Gasteiger partial charge in [-0.2, -0.15) is 5.26 Å². The topological polar surface area (TPSA) is 75.1 Å². The molecule has 92 valence electrons. The minimum absolute atomic E-state index is 0.254. The van der Waals surface area contributed by atoms with Gasteiger partial charge in [0.1, 0.15) is 0 Å².